The van der Waals surface area contributed by atoms with Gasteiger partial charge in [-0.25, -0.2) is 4.68 Å². The number of aliphatic hydroxyl groups is 1. The van der Waals surface area contributed by atoms with Gasteiger partial charge in [-0.1, -0.05) is 92.7 Å². The van der Waals surface area contributed by atoms with Crippen molar-refractivity contribution in [2.75, 3.05) is 0 Å². The normalized spacial score (nSPS) is 24.3. The lowest BCUT2D eigenvalue weighted by Crippen LogP contribution is -2.52. The Bertz CT molecular complexity index is 1320. The van der Waals surface area contributed by atoms with Crippen LogP contribution >= 0.6 is 0 Å². The number of rotatable bonds is 8. The summed E-state index contributed by atoms with van der Waals surface area (Å²) in [7, 11) is 0. The van der Waals surface area contributed by atoms with Gasteiger partial charge in [0.1, 0.15) is 17.9 Å². The standard InChI is InChI=1S/C32H37N3O3/c1-5-29-22(3)23(4)31(37-20-24-12-8-6-9-13-24)32(38-29)30(36)27-17-16-26(18-21(27)2)35-19-28(33-34-35)25-14-10-7-11-15-25/h6-19,22-23,29-32,36H,5,20H2,1-4H3/t22-,23-,29?,30+,31?,32+/m0/s1. The molecule has 6 nitrogen and oxygen atoms in total. The number of benzene rings is 3. The zero-order valence-electron chi connectivity index (χ0n) is 22.6. The summed E-state index contributed by atoms with van der Waals surface area (Å²) in [5, 5.41) is 20.4. The summed E-state index contributed by atoms with van der Waals surface area (Å²) in [5.41, 5.74) is 5.65. The zero-order valence-corrected chi connectivity index (χ0v) is 22.6. The van der Waals surface area contributed by atoms with Crippen LogP contribution in [0.1, 0.15) is 50.0 Å². The summed E-state index contributed by atoms with van der Waals surface area (Å²) >= 11 is 0. The van der Waals surface area contributed by atoms with Gasteiger partial charge in [-0.05, 0) is 54.0 Å². The topological polar surface area (TPSA) is 69.4 Å². The molecular formula is C32H37N3O3. The number of aliphatic hydroxyl groups excluding tert-OH is 1. The molecule has 0 saturated carbocycles. The first kappa shape index (κ1) is 26.3. The van der Waals surface area contributed by atoms with Crippen LogP contribution in [0, 0.1) is 18.8 Å². The molecule has 198 valence electrons. The van der Waals surface area contributed by atoms with Gasteiger partial charge in [-0.2, -0.15) is 0 Å². The zero-order chi connectivity index (χ0) is 26.6. The van der Waals surface area contributed by atoms with Crippen molar-refractivity contribution in [3.63, 3.8) is 0 Å². The Labute approximate surface area is 225 Å². The molecular weight excluding hydrogens is 474 g/mol. The van der Waals surface area contributed by atoms with E-state index >= 15 is 0 Å². The quantitative estimate of drug-likeness (QED) is 0.300. The van der Waals surface area contributed by atoms with Gasteiger partial charge in [-0.15, -0.1) is 5.10 Å². The van der Waals surface area contributed by atoms with Gasteiger partial charge in [0, 0.05) is 5.56 Å². The Morgan fingerprint density at radius 2 is 1.68 bits per heavy atom. The molecule has 1 aromatic heterocycles. The maximum absolute atomic E-state index is 11.7. The summed E-state index contributed by atoms with van der Waals surface area (Å²) in [5.74, 6) is 0.571. The van der Waals surface area contributed by atoms with Crippen LogP contribution in [0.2, 0.25) is 0 Å². The second-order valence-electron chi connectivity index (χ2n) is 10.4. The molecule has 6 heteroatoms. The lowest BCUT2D eigenvalue weighted by atomic mass is 9.78. The lowest BCUT2D eigenvalue weighted by molar-refractivity contribution is -0.220. The Kier molecular flexibility index (Phi) is 8.03. The van der Waals surface area contributed by atoms with E-state index in [2.05, 4.69) is 43.2 Å². The van der Waals surface area contributed by atoms with E-state index < -0.39 is 12.2 Å². The fourth-order valence-electron chi connectivity index (χ4n) is 5.52. The Balaban J connectivity index is 1.38. The van der Waals surface area contributed by atoms with E-state index in [1.54, 1.807) is 4.68 Å². The highest BCUT2D eigenvalue weighted by atomic mass is 16.6. The molecule has 1 N–H and O–H groups in total. The molecule has 0 bridgehead atoms. The molecule has 1 fully saturated rings. The first-order valence-electron chi connectivity index (χ1n) is 13.5. The Morgan fingerprint density at radius 3 is 2.37 bits per heavy atom. The van der Waals surface area contributed by atoms with Crippen molar-refractivity contribution in [3.05, 3.63) is 102 Å². The first-order chi connectivity index (χ1) is 18.5. The fraction of sp³-hybridized carbons (Fsp3) is 0.375. The molecule has 2 heterocycles. The van der Waals surface area contributed by atoms with Crippen LogP contribution in [0.4, 0.5) is 0 Å². The van der Waals surface area contributed by atoms with Crippen molar-refractivity contribution in [2.45, 2.75) is 65.1 Å². The summed E-state index contributed by atoms with van der Waals surface area (Å²) in [6.45, 7) is 9.09. The maximum atomic E-state index is 11.7. The Morgan fingerprint density at radius 1 is 0.974 bits per heavy atom. The van der Waals surface area contributed by atoms with Crippen molar-refractivity contribution < 1.29 is 14.6 Å². The molecule has 6 atom stereocenters. The molecule has 1 aliphatic rings. The molecule has 4 aromatic rings. The second-order valence-corrected chi connectivity index (χ2v) is 10.4. The molecule has 2 unspecified atom stereocenters. The van der Waals surface area contributed by atoms with E-state index in [0.717, 1.165) is 40.1 Å². The van der Waals surface area contributed by atoms with E-state index in [-0.39, 0.29) is 18.1 Å². The van der Waals surface area contributed by atoms with Crippen molar-refractivity contribution in [1.82, 2.24) is 15.0 Å². The molecule has 38 heavy (non-hydrogen) atoms. The number of aryl methyl sites for hydroxylation is 1. The number of nitrogens with zero attached hydrogens (tertiary/aromatic N) is 3. The minimum Gasteiger partial charge on any atom is -0.386 e. The summed E-state index contributed by atoms with van der Waals surface area (Å²) in [6.07, 6.45) is 1.39. The fourth-order valence-corrected chi connectivity index (χ4v) is 5.52. The third-order valence-corrected chi connectivity index (χ3v) is 7.99. The predicted octanol–water partition coefficient (Wildman–Crippen LogP) is 6.31. The summed E-state index contributed by atoms with van der Waals surface area (Å²) in [4.78, 5) is 0. The molecule has 3 aromatic carbocycles. The van der Waals surface area contributed by atoms with Crippen LogP contribution in [0.5, 0.6) is 0 Å². The van der Waals surface area contributed by atoms with Gasteiger partial charge in [0.05, 0.1) is 30.7 Å². The van der Waals surface area contributed by atoms with Crippen LogP contribution in [-0.4, -0.2) is 38.4 Å². The average Bonchev–Trinajstić information content (AvgIpc) is 3.45. The molecule has 5 rings (SSSR count). The summed E-state index contributed by atoms with van der Waals surface area (Å²) < 4.78 is 14.8. The summed E-state index contributed by atoms with van der Waals surface area (Å²) in [6, 6.07) is 26.2. The van der Waals surface area contributed by atoms with E-state index in [4.69, 9.17) is 9.47 Å². The van der Waals surface area contributed by atoms with Gasteiger partial charge in [0.15, 0.2) is 0 Å². The van der Waals surface area contributed by atoms with Gasteiger partial charge in [0.2, 0.25) is 0 Å². The predicted molar refractivity (Wildman–Crippen MR) is 149 cm³/mol. The molecule has 0 amide bonds. The van der Waals surface area contributed by atoms with E-state index in [1.165, 1.54) is 0 Å². The number of hydrogen-bond donors (Lipinski definition) is 1. The smallest absolute Gasteiger partial charge is 0.114 e. The Hall–Kier alpha value is -3.32. The van der Waals surface area contributed by atoms with Crippen LogP contribution in [0.15, 0.2) is 85.1 Å². The van der Waals surface area contributed by atoms with Crippen molar-refractivity contribution in [2.24, 2.45) is 11.8 Å². The minimum atomic E-state index is -0.815. The van der Waals surface area contributed by atoms with Crippen LogP contribution in [0.3, 0.4) is 0 Å². The maximum Gasteiger partial charge on any atom is 0.114 e. The molecule has 1 aliphatic heterocycles. The molecule has 0 aliphatic carbocycles. The van der Waals surface area contributed by atoms with Gasteiger partial charge >= 0.3 is 0 Å². The highest BCUT2D eigenvalue weighted by Crippen LogP contribution is 2.40. The van der Waals surface area contributed by atoms with Crippen LogP contribution < -0.4 is 0 Å². The SMILES string of the molecule is CCC1O[C@H]([C@H](O)c2ccc(-n3cc(-c4ccccc4)nn3)cc2C)C(OCc2ccccc2)[C@@H](C)[C@@H]1C. The molecule has 1 saturated heterocycles. The van der Waals surface area contributed by atoms with Crippen LogP contribution in [-0.2, 0) is 16.1 Å². The van der Waals surface area contributed by atoms with Gasteiger partial charge in [0.25, 0.3) is 0 Å². The van der Waals surface area contributed by atoms with Gasteiger partial charge < -0.3 is 14.6 Å². The van der Waals surface area contributed by atoms with Crippen molar-refractivity contribution in [3.8, 4) is 16.9 Å². The molecule has 0 radical (unpaired) electrons. The molecule has 0 spiro atoms. The number of ether oxygens (including phenoxy) is 2. The second kappa shape index (κ2) is 11.6. The highest BCUT2D eigenvalue weighted by molar-refractivity contribution is 5.58. The van der Waals surface area contributed by atoms with Gasteiger partial charge in [-0.3, -0.25) is 0 Å². The van der Waals surface area contributed by atoms with Crippen molar-refractivity contribution in [1.29, 1.82) is 0 Å². The van der Waals surface area contributed by atoms with Crippen molar-refractivity contribution >= 4 is 0 Å². The third-order valence-electron chi connectivity index (χ3n) is 7.99. The van der Waals surface area contributed by atoms with E-state index in [0.29, 0.717) is 12.5 Å². The van der Waals surface area contributed by atoms with E-state index in [9.17, 15) is 5.11 Å². The third kappa shape index (κ3) is 5.44. The lowest BCUT2D eigenvalue weighted by Gasteiger charge is -2.46. The average molecular weight is 512 g/mol. The first-order valence-corrected chi connectivity index (χ1v) is 13.5. The minimum absolute atomic E-state index is 0.0763. The highest BCUT2D eigenvalue weighted by Gasteiger charge is 2.45. The largest absolute Gasteiger partial charge is 0.386 e. The number of aromatic nitrogens is 3. The van der Waals surface area contributed by atoms with Crippen LogP contribution in [0.25, 0.3) is 16.9 Å². The van der Waals surface area contributed by atoms with E-state index in [1.807, 2.05) is 79.9 Å². The monoisotopic (exact) mass is 511 g/mol. The number of hydrogen-bond acceptors (Lipinski definition) is 5.